The lowest BCUT2D eigenvalue weighted by Gasteiger charge is -2.42. The maximum absolute atomic E-state index is 12.6. The van der Waals surface area contributed by atoms with Crippen LogP contribution < -0.4 is 9.64 Å². The van der Waals surface area contributed by atoms with Crippen molar-refractivity contribution in [2.45, 2.75) is 76.3 Å². The number of benzene rings is 1. The third-order valence-electron chi connectivity index (χ3n) is 9.93. The Hall–Kier alpha value is -3.37. The van der Waals surface area contributed by atoms with E-state index >= 15 is 0 Å². The van der Waals surface area contributed by atoms with Gasteiger partial charge in [-0.25, -0.2) is 0 Å². The first-order valence-corrected chi connectivity index (χ1v) is 15.4. The van der Waals surface area contributed by atoms with Crippen LogP contribution in [-0.2, 0) is 30.5 Å². The van der Waals surface area contributed by atoms with E-state index in [0.717, 1.165) is 37.3 Å². The van der Waals surface area contributed by atoms with Gasteiger partial charge in [0.15, 0.2) is 0 Å². The number of likely N-dealkylation sites (N-methyl/N-ethyl adjacent to an activating group) is 1. The zero-order chi connectivity index (χ0) is 28.5. The number of rotatable bonds is 7. The van der Waals surface area contributed by atoms with E-state index < -0.39 is 0 Å². The van der Waals surface area contributed by atoms with Crippen LogP contribution in [0.1, 0.15) is 66.5 Å². The second-order valence-corrected chi connectivity index (χ2v) is 12.4. The van der Waals surface area contributed by atoms with Gasteiger partial charge in [0, 0.05) is 37.7 Å². The molecule has 0 bridgehead atoms. The van der Waals surface area contributed by atoms with Gasteiger partial charge in [-0.1, -0.05) is 31.7 Å². The molecular formula is C34H43N5O2. The summed E-state index contributed by atoms with van der Waals surface area (Å²) in [6.07, 6.45) is 15.4. The Labute approximate surface area is 245 Å². The topological polar surface area (TPSA) is 61.8 Å². The molecule has 4 aliphatic rings. The van der Waals surface area contributed by atoms with Gasteiger partial charge in [-0.05, 0) is 93.1 Å². The molecule has 6 rings (SSSR count). The van der Waals surface area contributed by atoms with E-state index in [4.69, 9.17) is 21.1 Å². The molecule has 0 unspecified atom stereocenters. The van der Waals surface area contributed by atoms with Crippen LogP contribution in [0.3, 0.4) is 0 Å². The fourth-order valence-corrected chi connectivity index (χ4v) is 7.61. The molecule has 216 valence electrons. The average Bonchev–Trinajstić information content (AvgIpc) is 3.64. The largest absolute Gasteiger partial charge is 0.462 e. The summed E-state index contributed by atoms with van der Waals surface area (Å²) < 4.78 is 6.35. The highest BCUT2D eigenvalue weighted by atomic mass is 16.5. The Bertz CT molecular complexity index is 1350. The number of carbonyl (C=O) groups is 1. The predicted octanol–water partition coefficient (Wildman–Crippen LogP) is 4.18. The van der Waals surface area contributed by atoms with E-state index in [0.29, 0.717) is 56.6 Å². The van der Waals surface area contributed by atoms with E-state index in [2.05, 4.69) is 54.5 Å². The predicted molar refractivity (Wildman–Crippen MR) is 162 cm³/mol. The third-order valence-corrected chi connectivity index (χ3v) is 9.93. The summed E-state index contributed by atoms with van der Waals surface area (Å²) in [4.78, 5) is 29.3. The Morgan fingerprint density at radius 1 is 1.15 bits per heavy atom. The molecular weight excluding hydrogens is 510 g/mol. The maximum atomic E-state index is 12.6. The minimum atomic E-state index is -0.0814. The van der Waals surface area contributed by atoms with Crippen molar-refractivity contribution in [3.8, 4) is 18.4 Å². The summed E-state index contributed by atoms with van der Waals surface area (Å²) in [5, 5.41) is 0. The summed E-state index contributed by atoms with van der Waals surface area (Å²) in [5.41, 5.74) is 6.96. The molecule has 0 saturated carbocycles. The van der Waals surface area contributed by atoms with E-state index in [-0.39, 0.29) is 11.9 Å². The minimum absolute atomic E-state index is 0.0637. The lowest BCUT2D eigenvalue weighted by molar-refractivity contribution is -0.128. The van der Waals surface area contributed by atoms with Crippen molar-refractivity contribution in [2.75, 3.05) is 44.7 Å². The van der Waals surface area contributed by atoms with Crippen LogP contribution in [0.25, 0.3) is 0 Å². The van der Waals surface area contributed by atoms with E-state index in [1.807, 2.05) is 4.90 Å². The Balaban J connectivity index is 1.33. The lowest BCUT2D eigenvalue weighted by Crippen LogP contribution is -2.55. The summed E-state index contributed by atoms with van der Waals surface area (Å²) in [5.74, 6) is 4.58. The highest BCUT2D eigenvalue weighted by molar-refractivity contribution is 5.87. The highest BCUT2D eigenvalue weighted by Crippen LogP contribution is 2.43. The number of hydrogen-bond donors (Lipinski definition) is 0. The molecule has 0 radical (unpaired) electrons. The first-order chi connectivity index (χ1) is 20.0. The standard InChI is InChI=1S/C34H43N5O2/c1-5-10-25-21-38(17-18-39(25)32(40)6-2)33-30-19-23(3)29(28-15-8-12-24-11-7-14-27(24)28)20-31(30)35-34(36-33)41-22-26-13-9-16-37(26)4/h1,6,8,12,15,23,25-26,29H,2,7,9-11,13-14,16-22H2,3-4H3/t23-,25-,26+,29-/m1/s1. The van der Waals surface area contributed by atoms with Crippen LogP contribution in [0.5, 0.6) is 6.01 Å². The summed E-state index contributed by atoms with van der Waals surface area (Å²) in [7, 11) is 2.17. The van der Waals surface area contributed by atoms with Crippen molar-refractivity contribution in [1.82, 2.24) is 19.8 Å². The number of ether oxygens (including phenoxy) is 1. The number of nitrogens with zero attached hydrogens (tertiary/aromatic N) is 5. The fourth-order valence-electron chi connectivity index (χ4n) is 7.61. The molecule has 7 nitrogen and oxygen atoms in total. The zero-order valence-corrected chi connectivity index (χ0v) is 24.6. The van der Waals surface area contributed by atoms with Crippen molar-refractivity contribution in [1.29, 1.82) is 0 Å². The summed E-state index contributed by atoms with van der Waals surface area (Å²) in [6, 6.07) is 7.70. The van der Waals surface area contributed by atoms with Gasteiger partial charge in [0.2, 0.25) is 5.91 Å². The van der Waals surface area contributed by atoms with Crippen LogP contribution in [0.15, 0.2) is 30.9 Å². The van der Waals surface area contributed by atoms with Crippen LogP contribution in [-0.4, -0.2) is 77.6 Å². The number of carbonyl (C=O) groups excluding carboxylic acids is 1. The zero-order valence-electron chi connectivity index (χ0n) is 24.6. The van der Waals surface area contributed by atoms with Gasteiger partial charge >= 0.3 is 6.01 Å². The van der Waals surface area contributed by atoms with Crippen LogP contribution in [0.4, 0.5) is 5.82 Å². The number of amides is 1. The fraction of sp³-hybridized carbons (Fsp3) is 0.559. The number of terminal acetylenes is 1. The highest BCUT2D eigenvalue weighted by Gasteiger charge is 2.36. The van der Waals surface area contributed by atoms with Crippen molar-refractivity contribution in [3.05, 3.63) is 58.8 Å². The van der Waals surface area contributed by atoms with Gasteiger partial charge in [0.25, 0.3) is 0 Å². The molecule has 3 heterocycles. The van der Waals surface area contributed by atoms with E-state index in [1.165, 1.54) is 48.4 Å². The van der Waals surface area contributed by atoms with Crippen LogP contribution in [0, 0.1) is 18.3 Å². The second kappa shape index (κ2) is 11.9. The minimum Gasteiger partial charge on any atom is -0.462 e. The van der Waals surface area contributed by atoms with Crippen molar-refractivity contribution in [2.24, 2.45) is 5.92 Å². The van der Waals surface area contributed by atoms with Crippen LogP contribution in [0.2, 0.25) is 0 Å². The molecule has 2 fully saturated rings. The van der Waals surface area contributed by atoms with E-state index in [9.17, 15) is 4.79 Å². The van der Waals surface area contributed by atoms with Crippen LogP contribution >= 0.6 is 0 Å². The van der Waals surface area contributed by atoms with Gasteiger partial charge in [-0.3, -0.25) is 4.79 Å². The summed E-state index contributed by atoms with van der Waals surface area (Å²) in [6.45, 7) is 9.71. The second-order valence-electron chi connectivity index (χ2n) is 12.4. The molecule has 41 heavy (non-hydrogen) atoms. The number of likely N-dealkylation sites (tertiary alicyclic amines) is 1. The van der Waals surface area contributed by atoms with Gasteiger partial charge in [-0.15, -0.1) is 12.3 Å². The molecule has 1 aromatic heterocycles. The molecule has 1 aromatic carbocycles. The SMILES string of the molecule is C#CC[C@@H]1CN(c2nc(OC[C@@H]3CCCN3C)nc3c2C[C@@H](C)[C@H](c2cccc4c2CCC4)C3)CCN1C(=O)C=C. The van der Waals surface area contributed by atoms with Crippen molar-refractivity contribution in [3.63, 3.8) is 0 Å². The Kier molecular flexibility index (Phi) is 8.03. The first-order valence-electron chi connectivity index (χ1n) is 15.4. The van der Waals surface area contributed by atoms with Crippen molar-refractivity contribution >= 4 is 11.7 Å². The number of aryl methyl sites for hydroxylation is 1. The molecule has 1 amide bonds. The molecule has 2 aliphatic heterocycles. The number of hydrogen-bond acceptors (Lipinski definition) is 6. The van der Waals surface area contributed by atoms with Gasteiger partial charge < -0.3 is 19.4 Å². The van der Waals surface area contributed by atoms with Gasteiger partial charge in [0.05, 0.1) is 11.7 Å². The third kappa shape index (κ3) is 5.47. The molecule has 2 saturated heterocycles. The first kappa shape index (κ1) is 27.8. The van der Waals surface area contributed by atoms with Gasteiger partial charge in [0.1, 0.15) is 12.4 Å². The van der Waals surface area contributed by atoms with Crippen molar-refractivity contribution < 1.29 is 9.53 Å². The van der Waals surface area contributed by atoms with Gasteiger partial charge in [-0.2, -0.15) is 9.97 Å². The Morgan fingerprint density at radius 3 is 2.80 bits per heavy atom. The molecule has 0 spiro atoms. The molecule has 0 N–H and O–H groups in total. The lowest BCUT2D eigenvalue weighted by atomic mass is 9.73. The molecule has 2 aliphatic carbocycles. The normalized spacial score (nSPS) is 25.9. The number of anilines is 1. The quantitative estimate of drug-likeness (QED) is 0.379. The molecule has 4 atom stereocenters. The molecule has 7 heteroatoms. The summed E-state index contributed by atoms with van der Waals surface area (Å²) >= 11 is 0. The maximum Gasteiger partial charge on any atom is 0.318 e. The number of fused-ring (bicyclic) bond motifs is 2. The number of aromatic nitrogens is 2. The molecule has 2 aromatic rings. The smallest absolute Gasteiger partial charge is 0.318 e. The number of piperazine rings is 1. The van der Waals surface area contributed by atoms with E-state index in [1.54, 1.807) is 5.56 Å². The monoisotopic (exact) mass is 553 g/mol. The Morgan fingerprint density at radius 2 is 2.02 bits per heavy atom. The average molecular weight is 554 g/mol.